The monoisotopic (exact) mass is 434 g/mol. The average Bonchev–Trinajstić information content (AvgIpc) is 2.83. The quantitative estimate of drug-likeness (QED) is 0.219. The number of hydrogen-bond donors (Lipinski definition) is 0. The molecule has 0 fully saturated rings. The number of carbonyl (C=O) groups excluding carboxylic acids is 2. The van der Waals surface area contributed by atoms with Gasteiger partial charge in [-0.3, -0.25) is 9.59 Å². The van der Waals surface area contributed by atoms with Crippen molar-refractivity contribution in [3.63, 3.8) is 0 Å². The summed E-state index contributed by atoms with van der Waals surface area (Å²) in [5.41, 5.74) is 6.99. The first-order valence-corrected chi connectivity index (χ1v) is 11.0. The Morgan fingerprint density at radius 2 is 1.45 bits per heavy atom. The van der Waals surface area contributed by atoms with E-state index in [1.165, 1.54) is 5.56 Å². The number of ketones is 1. The molecule has 0 spiro atoms. The van der Waals surface area contributed by atoms with Crippen molar-refractivity contribution in [2.45, 2.75) is 33.1 Å². The lowest BCUT2D eigenvalue weighted by Gasteiger charge is -2.19. The zero-order valence-electron chi connectivity index (χ0n) is 19.8. The number of Topliss-reactive ketones (excluding diaryl/α,β-unsaturated/α-hetero) is 1. The maximum Gasteiger partial charge on any atom is 0.193 e. The first-order chi connectivity index (χ1) is 15.7. The molecular formula is C31H30O2. The minimum Gasteiger partial charge on any atom is -0.298 e. The van der Waals surface area contributed by atoms with Crippen LogP contribution in [0.1, 0.15) is 65.9 Å². The molecule has 0 unspecified atom stereocenters. The number of hydrogen-bond acceptors (Lipinski definition) is 2. The second kappa shape index (κ2) is 9.79. The summed E-state index contributed by atoms with van der Waals surface area (Å²) in [5, 5.41) is 0. The van der Waals surface area contributed by atoms with Crippen molar-refractivity contribution in [3.8, 4) is 0 Å². The molecule has 3 rings (SSSR count). The van der Waals surface area contributed by atoms with Crippen LogP contribution in [-0.4, -0.2) is 12.1 Å². The van der Waals surface area contributed by atoms with E-state index in [0.29, 0.717) is 22.3 Å². The van der Waals surface area contributed by atoms with Crippen molar-refractivity contribution in [1.29, 1.82) is 0 Å². The lowest BCUT2D eigenvalue weighted by atomic mass is 9.85. The lowest BCUT2D eigenvalue weighted by Crippen LogP contribution is -2.11. The van der Waals surface area contributed by atoms with E-state index in [2.05, 4.69) is 33.9 Å². The molecule has 0 radical (unpaired) electrons. The van der Waals surface area contributed by atoms with E-state index < -0.39 is 0 Å². The predicted molar refractivity (Wildman–Crippen MR) is 139 cm³/mol. The third-order valence-corrected chi connectivity index (χ3v) is 5.81. The molecular weight excluding hydrogens is 404 g/mol. The van der Waals surface area contributed by atoms with E-state index in [-0.39, 0.29) is 11.2 Å². The first-order valence-electron chi connectivity index (χ1n) is 11.0. The second-order valence-electron chi connectivity index (χ2n) is 9.18. The van der Waals surface area contributed by atoms with Crippen LogP contribution in [0.4, 0.5) is 0 Å². The number of carbonyl (C=O) groups is 2. The maximum absolute atomic E-state index is 13.2. The highest BCUT2D eigenvalue weighted by Crippen LogP contribution is 2.32. The highest BCUT2D eigenvalue weighted by molar-refractivity contribution is 6.28. The van der Waals surface area contributed by atoms with Crippen LogP contribution >= 0.6 is 0 Å². The fourth-order valence-corrected chi connectivity index (χ4v) is 3.82. The Morgan fingerprint density at radius 3 is 2.00 bits per heavy atom. The number of aldehydes is 1. The van der Waals surface area contributed by atoms with E-state index >= 15 is 0 Å². The lowest BCUT2D eigenvalue weighted by molar-refractivity contribution is -0.104. The third-order valence-electron chi connectivity index (χ3n) is 5.81. The van der Waals surface area contributed by atoms with Crippen molar-refractivity contribution >= 4 is 29.3 Å². The van der Waals surface area contributed by atoms with Crippen LogP contribution in [0.15, 0.2) is 91.5 Å². The van der Waals surface area contributed by atoms with Crippen molar-refractivity contribution in [1.82, 2.24) is 0 Å². The van der Waals surface area contributed by atoms with Gasteiger partial charge in [0.1, 0.15) is 6.29 Å². The van der Waals surface area contributed by atoms with E-state index in [4.69, 9.17) is 0 Å². The third kappa shape index (κ3) is 5.18. The molecule has 0 saturated carbocycles. The molecule has 0 aliphatic rings. The van der Waals surface area contributed by atoms with Gasteiger partial charge in [-0.15, -0.1) is 0 Å². The molecule has 0 heterocycles. The van der Waals surface area contributed by atoms with Gasteiger partial charge in [0.2, 0.25) is 0 Å². The van der Waals surface area contributed by atoms with Gasteiger partial charge in [0.25, 0.3) is 0 Å². The Balaban J connectivity index is 2.06. The van der Waals surface area contributed by atoms with Crippen LogP contribution in [0.2, 0.25) is 0 Å². The summed E-state index contributed by atoms with van der Waals surface area (Å²) < 4.78 is 0. The highest BCUT2D eigenvalue weighted by atomic mass is 16.1. The standard InChI is InChI=1S/C31H30O2/c1-7-23-13-14-26(19-28(23)29(21(2)20-32)24-11-9-8-10-12-24)22(3)30(33)25-15-17-27(18-16-25)31(4,5)6/h7-20H,1,3H2,2,4-6H3/b29-21+. The molecule has 0 saturated heterocycles. The molecule has 0 aliphatic carbocycles. The van der Waals surface area contributed by atoms with E-state index in [0.717, 1.165) is 28.5 Å². The van der Waals surface area contributed by atoms with Gasteiger partial charge >= 0.3 is 0 Å². The van der Waals surface area contributed by atoms with Gasteiger partial charge in [-0.1, -0.05) is 107 Å². The Labute approximate surface area is 197 Å². The van der Waals surface area contributed by atoms with Crippen LogP contribution in [0.5, 0.6) is 0 Å². The number of rotatable bonds is 7. The summed E-state index contributed by atoms with van der Waals surface area (Å²) in [4.78, 5) is 25.0. The van der Waals surface area contributed by atoms with Crippen LogP contribution in [0.3, 0.4) is 0 Å². The van der Waals surface area contributed by atoms with Crippen molar-refractivity contribution in [2.75, 3.05) is 0 Å². The normalized spacial score (nSPS) is 12.0. The smallest absolute Gasteiger partial charge is 0.193 e. The summed E-state index contributed by atoms with van der Waals surface area (Å²) in [6, 6.07) is 23.2. The predicted octanol–water partition coefficient (Wildman–Crippen LogP) is 7.54. The maximum atomic E-state index is 13.2. The Morgan fingerprint density at radius 1 is 0.848 bits per heavy atom. The summed E-state index contributed by atoms with van der Waals surface area (Å²) in [6.07, 6.45) is 2.62. The van der Waals surface area contributed by atoms with Crippen molar-refractivity contribution in [2.24, 2.45) is 0 Å². The molecule has 0 amide bonds. The van der Waals surface area contributed by atoms with Crippen LogP contribution in [0.25, 0.3) is 17.2 Å². The molecule has 166 valence electrons. The topological polar surface area (TPSA) is 34.1 Å². The number of benzene rings is 3. The van der Waals surface area contributed by atoms with Crippen molar-refractivity contribution < 1.29 is 9.59 Å². The van der Waals surface area contributed by atoms with Gasteiger partial charge in [0.05, 0.1) is 0 Å². The molecule has 2 nitrogen and oxygen atoms in total. The van der Waals surface area contributed by atoms with Gasteiger partial charge in [-0.2, -0.15) is 0 Å². The van der Waals surface area contributed by atoms with Crippen LogP contribution < -0.4 is 0 Å². The molecule has 2 heteroatoms. The van der Waals surface area contributed by atoms with Crippen LogP contribution in [0, 0.1) is 0 Å². The van der Waals surface area contributed by atoms with Crippen LogP contribution in [-0.2, 0) is 10.2 Å². The largest absolute Gasteiger partial charge is 0.298 e. The molecule has 0 bridgehead atoms. The highest BCUT2D eigenvalue weighted by Gasteiger charge is 2.18. The minimum absolute atomic E-state index is 0.0185. The zero-order valence-corrected chi connectivity index (χ0v) is 19.8. The molecule has 3 aromatic rings. The molecule has 0 aliphatic heterocycles. The van der Waals surface area contributed by atoms with Gasteiger partial charge in [0, 0.05) is 11.1 Å². The Hall–Kier alpha value is -3.78. The summed E-state index contributed by atoms with van der Waals surface area (Å²) in [6.45, 7) is 16.3. The second-order valence-corrected chi connectivity index (χ2v) is 9.18. The summed E-state index contributed by atoms with van der Waals surface area (Å²) in [7, 11) is 0. The molecule has 0 N–H and O–H groups in total. The van der Waals surface area contributed by atoms with Gasteiger partial charge in [-0.05, 0) is 57.4 Å². The van der Waals surface area contributed by atoms with Gasteiger partial charge in [-0.25, -0.2) is 0 Å². The minimum atomic E-state index is -0.120. The summed E-state index contributed by atoms with van der Waals surface area (Å²) >= 11 is 0. The summed E-state index contributed by atoms with van der Waals surface area (Å²) in [5.74, 6) is -0.120. The van der Waals surface area contributed by atoms with Crippen molar-refractivity contribution in [3.05, 3.63) is 125 Å². The average molecular weight is 435 g/mol. The fourth-order valence-electron chi connectivity index (χ4n) is 3.82. The Kier molecular flexibility index (Phi) is 7.08. The molecule has 33 heavy (non-hydrogen) atoms. The zero-order chi connectivity index (χ0) is 24.2. The molecule has 0 aromatic heterocycles. The number of allylic oxidation sites excluding steroid dienone is 2. The molecule has 0 atom stereocenters. The van der Waals surface area contributed by atoms with E-state index in [9.17, 15) is 9.59 Å². The Bertz CT molecular complexity index is 1230. The van der Waals surface area contributed by atoms with Gasteiger partial charge < -0.3 is 0 Å². The van der Waals surface area contributed by atoms with E-state index in [1.54, 1.807) is 13.0 Å². The molecule has 3 aromatic carbocycles. The van der Waals surface area contributed by atoms with E-state index in [1.807, 2.05) is 72.8 Å². The fraction of sp³-hybridized carbons (Fsp3) is 0.161. The first kappa shape index (κ1) is 23.9. The van der Waals surface area contributed by atoms with Gasteiger partial charge in [0.15, 0.2) is 5.78 Å². The SMILES string of the molecule is C=Cc1ccc(C(=C)C(=O)c2ccc(C(C)(C)C)cc2)cc1/C(=C(\C)C=O)c1ccccc1.